The number of benzene rings is 2. The van der Waals surface area contributed by atoms with Gasteiger partial charge < -0.3 is 20.5 Å². The van der Waals surface area contributed by atoms with Gasteiger partial charge in [0.2, 0.25) is 0 Å². The van der Waals surface area contributed by atoms with Crippen LogP contribution >= 0.6 is 11.6 Å². The number of anilines is 1. The molecule has 2 amide bonds. The molecule has 0 radical (unpaired) electrons. The number of hydrogen-bond acceptors (Lipinski definition) is 4. The molecule has 28 heavy (non-hydrogen) atoms. The van der Waals surface area contributed by atoms with Crippen molar-refractivity contribution in [1.82, 2.24) is 0 Å². The summed E-state index contributed by atoms with van der Waals surface area (Å²) in [5.41, 5.74) is 4.17. The van der Waals surface area contributed by atoms with Gasteiger partial charge in [-0.2, -0.15) is 13.2 Å². The van der Waals surface area contributed by atoms with Crippen molar-refractivity contribution in [2.24, 2.45) is 5.73 Å². The lowest BCUT2D eigenvalue weighted by atomic mass is 10.1. The van der Waals surface area contributed by atoms with Crippen molar-refractivity contribution in [3.05, 3.63) is 52.0 Å². The Hall–Kier alpha value is -2.94. The molecule has 150 valence electrons. The quantitative estimate of drug-likeness (QED) is 0.749. The Balaban J connectivity index is 2.30. The van der Waals surface area contributed by atoms with Crippen molar-refractivity contribution in [2.45, 2.75) is 13.1 Å². The van der Waals surface area contributed by atoms with Crippen LogP contribution in [0.25, 0.3) is 0 Å². The molecule has 0 atom stereocenters. The van der Waals surface area contributed by atoms with Gasteiger partial charge in [-0.25, -0.2) is 0 Å². The Morgan fingerprint density at radius 2 is 1.89 bits per heavy atom. The second kappa shape index (κ2) is 8.39. The SMILES string of the molecule is COc1cc(C(=O)Nc2ccc(C)c(C(F)(F)F)c2)cc(Cl)c1OCC(N)=O. The monoisotopic (exact) mass is 416 g/mol. The van der Waals surface area contributed by atoms with Crippen LogP contribution in [0.15, 0.2) is 30.3 Å². The second-order valence-corrected chi connectivity index (χ2v) is 6.13. The molecule has 2 aromatic rings. The van der Waals surface area contributed by atoms with Gasteiger partial charge >= 0.3 is 6.18 Å². The highest BCUT2D eigenvalue weighted by molar-refractivity contribution is 6.32. The number of methoxy groups -OCH3 is 1. The lowest BCUT2D eigenvalue weighted by molar-refractivity contribution is -0.138. The summed E-state index contributed by atoms with van der Waals surface area (Å²) in [4.78, 5) is 23.3. The van der Waals surface area contributed by atoms with E-state index in [2.05, 4.69) is 5.32 Å². The summed E-state index contributed by atoms with van der Waals surface area (Å²) < 4.78 is 49.3. The van der Waals surface area contributed by atoms with Gasteiger partial charge in [-0.1, -0.05) is 17.7 Å². The van der Waals surface area contributed by atoms with E-state index in [4.69, 9.17) is 26.8 Å². The highest BCUT2D eigenvalue weighted by atomic mass is 35.5. The fourth-order valence-corrected chi connectivity index (χ4v) is 2.61. The van der Waals surface area contributed by atoms with Gasteiger partial charge in [-0.15, -0.1) is 0 Å². The number of hydrogen-bond donors (Lipinski definition) is 2. The van der Waals surface area contributed by atoms with Crippen molar-refractivity contribution < 1.29 is 32.2 Å². The van der Waals surface area contributed by atoms with Gasteiger partial charge in [-0.3, -0.25) is 9.59 Å². The number of ether oxygens (including phenoxy) is 2. The van der Waals surface area contributed by atoms with E-state index in [1.54, 1.807) is 0 Å². The standard InChI is InChI=1S/C18H16ClF3N2O4/c1-9-3-4-11(7-12(9)18(20,21)22)24-17(26)10-5-13(19)16(14(6-10)27-2)28-8-15(23)25/h3-7H,8H2,1-2H3,(H2,23,25)(H,24,26). The van der Waals surface area contributed by atoms with E-state index in [1.165, 1.54) is 38.3 Å². The van der Waals surface area contributed by atoms with Crippen LogP contribution in [0.2, 0.25) is 5.02 Å². The molecule has 0 saturated carbocycles. The highest BCUT2D eigenvalue weighted by Gasteiger charge is 2.32. The first-order valence-electron chi connectivity index (χ1n) is 7.80. The Morgan fingerprint density at radius 1 is 1.21 bits per heavy atom. The molecule has 3 N–H and O–H groups in total. The summed E-state index contributed by atoms with van der Waals surface area (Å²) in [6.07, 6.45) is -4.54. The van der Waals surface area contributed by atoms with E-state index < -0.39 is 30.2 Å². The summed E-state index contributed by atoms with van der Waals surface area (Å²) in [5, 5.41) is 2.34. The number of alkyl halides is 3. The van der Waals surface area contributed by atoms with Crippen molar-refractivity contribution in [1.29, 1.82) is 0 Å². The van der Waals surface area contributed by atoms with Gasteiger partial charge in [0.25, 0.3) is 11.8 Å². The first-order chi connectivity index (χ1) is 13.0. The van der Waals surface area contributed by atoms with Crippen molar-refractivity contribution in [3.8, 4) is 11.5 Å². The van der Waals surface area contributed by atoms with Crippen LogP contribution in [-0.2, 0) is 11.0 Å². The summed E-state index contributed by atoms with van der Waals surface area (Å²) in [5.74, 6) is -1.38. The second-order valence-electron chi connectivity index (χ2n) is 5.73. The molecule has 2 rings (SSSR count). The average Bonchev–Trinajstić information content (AvgIpc) is 2.60. The number of halogens is 4. The predicted molar refractivity (Wildman–Crippen MR) is 96.8 cm³/mol. The molecule has 0 spiro atoms. The first kappa shape index (κ1) is 21.4. The van der Waals surface area contributed by atoms with Gasteiger partial charge in [0, 0.05) is 11.3 Å². The molecule has 0 aromatic heterocycles. The maximum Gasteiger partial charge on any atom is 0.416 e. The predicted octanol–water partition coefficient (Wildman–Crippen LogP) is 3.79. The number of carbonyl (C=O) groups excluding carboxylic acids is 2. The Kier molecular flexibility index (Phi) is 6.40. The molecule has 0 bridgehead atoms. The molecule has 0 heterocycles. The Bertz CT molecular complexity index is 916. The number of primary amides is 1. The zero-order valence-corrected chi connectivity index (χ0v) is 15.6. The summed E-state index contributed by atoms with van der Waals surface area (Å²) >= 11 is 6.06. The molecule has 0 aliphatic heterocycles. The number of nitrogens with one attached hydrogen (secondary N) is 1. The Labute approximate surface area is 163 Å². The molecule has 0 fully saturated rings. The van der Waals surface area contributed by atoms with Crippen LogP contribution in [0.1, 0.15) is 21.5 Å². The molecule has 0 saturated heterocycles. The van der Waals surface area contributed by atoms with Crippen molar-refractivity contribution in [3.63, 3.8) is 0 Å². The fraction of sp³-hybridized carbons (Fsp3) is 0.222. The van der Waals surface area contributed by atoms with Crippen LogP contribution in [0.5, 0.6) is 11.5 Å². The minimum Gasteiger partial charge on any atom is -0.493 e. The van der Waals surface area contributed by atoms with E-state index in [-0.39, 0.29) is 33.3 Å². The minimum atomic E-state index is -4.54. The van der Waals surface area contributed by atoms with Crippen LogP contribution in [0.3, 0.4) is 0 Å². The third kappa shape index (κ3) is 5.07. The van der Waals surface area contributed by atoms with Gasteiger partial charge in [0.15, 0.2) is 18.1 Å². The van der Waals surface area contributed by atoms with Crippen LogP contribution in [0, 0.1) is 6.92 Å². The minimum absolute atomic E-state index is 0.00853. The molecular formula is C18H16ClF3N2O4. The largest absolute Gasteiger partial charge is 0.493 e. The molecular weight excluding hydrogens is 401 g/mol. The smallest absolute Gasteiger partial charge is 0.416 e. The zero-order chi connectivity index (χ0) is 21.1. The number of amides is 2. The van der Waals surface area contributed by atoms with Crippen LogP contribution < -0.4 is 20.5 Å². The van der Waals surface area contributed by atoms with E-state index >= 15 is 0 Å². The number of nitrogens with two attached hydrogens (primary N) is 1. The summed E-state index contributed by atoms with van der Waals surface area (Å²) in [6.45, 7) is 0.870. The fourth-order valence-electron chi connectivity index (χ4n) is 2.34. The lowest BCUT2D eigenvalue weighted by Gasteiger charge is -2.15. The van der Waals surface area contributed by atoms with Crippen molar-refractivity contribution in [2.75, 3.05) is 19.0 Å². The topological polar surface area (TPSA) is 90.7 Å². The molecule has 0 aliphatic carbocycles. The molecule has 2 aromatic carbocycles. The van der Waals surface area contributed by atoms with Crippen molar-refractivity contribution >= 4 is 29.1 Å². The molecule has 0 aliphatic rings. The Morgan fingerprint density at radius 3 is 2.46 bits per heavy atom. The lowest BCUT2D eigenvalue weighted by Crippen LogP contribution is -2.20. The third-order valence-corrected chi connectivity index (χ3v) is 3.93. The van der Waals surface area contributed by atoms with E-state index in [0.29, 0.717) is 0 Å². The maximum atomic E-state index is 13.0. The molecule has 10 heteroatoms. The number of rotatable bonds is 6. The first-order valence-corrected chi connectivity index (χ1v) is 8.18. The number of carbonyl (C=O) groups is 2. The van der Waals surface area contributed by atoms with Gasteiger partial charge in [0.1, 0.15) is 0 Å². The third-order valence-electron chi connectivity index (χ3n) is 3.65. The normalized spacial score (nSPS) is 11.1. The zero-order valence-electron chi connectivity index (χ0n) is 14.8. The summed E-state index contributed by atoms with van der Waals surface area (Å²) in [6, 6.07) is 5.96. The molecule has 6 nitrogen and oxygen atoms in total. The highest BCUT2D eigenvalue weighted by Crippen LogP contribution is 2.37. The average molecular weight is 417 g/mol. The van der Waals surface area contributed by atoms with Gasteiger partial charge in [-0.05, 0) is 36.8 Å². The maximum absolute atomic E-state index is 13.0. The number of aryl methyl sites for hydroxylation is 1. The van der Waals surface area contributed by atoms with E-state index in [9.17, 15) is 22.8 Å². The summed E-state index contributed by atoms with van der Waals surface area (Å²) in [7, 11) is 1.29. The molecule has 0 unspecified atom stereocenters. The van der Waals surface area contributed by atoms with E-state index in [0.717, 1.165) is 6.07 Å². The van der Waals surface area contributed by atoms with Gasteiger partial charge in [0.05, 0.1) is 17.7 Å². The van der Waals surface area contributed by atoms with Crippen LogP contribution in [-0.4, -0.2) is 25.5 Å². The van der Waals surface area contributed by atoms with Crippen LogP contribution in [0.4, 0.5) is 18.9 Å². The van der Waals surface area contributed by atoms with E-state index in [1.807, 2.05) is 0 Å².